The Morgan fingerprint density at radius 3 is 1.69 bits per heavy atom. The molecule has 4 heterocycles. The number of aliphatic imine (C=N–C) groups is 2. The number of morpholine rings is 3. The first-order valence-corrected chi connectivity index (χ1v) is 37.8. The van der Waals surface area contributed by atoms with E-state index < -0.39 is 65.4 Å². The van der Waals surface area contributed by atoms with Gasteiger partial charge in [-0.15, -0.1) is 0 Å². The number of Topliss-reactive ketones (excluding diaryl/α,β-unsaturated/α-hetero) is 2. The summed E-state index contributed by atoms with van der Waals surface area (Å²) in [6.45, 7) is 9.87. The molecule has 36 heteroatoms. The lowest BCUT2D eigenvalue weighted by Crippen LogP contribution is -2.51. The average molecular weight is 1400 g/mol. The summed E-state index contributed by atoms with van der Waals surface area (Å²) < 4.78 is 95.3. The lowest BCUT2D eigenvalue weighted by Gasteiger charge is -2.44. The fraction of sp³-hybridized carbons (Fsp3) is 0.862. The second-order valence-electron chi connectivity index (χ2n) is 24.9. The molecule has 11 atom stereocenters. The molecule has 4 aliphatic heterocycles. The van der Waals surface area contributed by atoms with Crippen LogP contribution in [0.25, 0.3) is 0 Å². The van der Waals surface area contributed by atoms with E-state index in [-0.39, 0.29) is 184 Å². The van der Waals surface area contributed by atoms with Crippen LogP contribution < -0.4 is 38.9 Å². The molecule has 0 bridgehead atoms. The number of aliphatic hydroxyl groups is 1. The zero-order chi connectivity index (χ0) is 69.6. The highest BCUT2D eigenvalue weighted by Crippen LogP contribution is 2.56. The van der Waals surface area contributed by atoms with Crippen molar-refractivity contribution in [2.24, 2.45) is 44.8 Å². The number of hydrogen-bond acceptors (Lipinski definition) is 20. The molecular formula is C58H113N16O17P3. The molecule has 4 saturated heterocycles. The Bertz CT molecular complexity index is 2580. The van der Waals surface area contributed by atoms with Crippen LogP contribution in [0.3, 0.4) is 0 Å². The van der Waals surface area contributed by atoms with Gasteiger partial charge in [0.25, 0.3) is 7.52 Å². The molecular weight excluding hydrogens is 1290 g/mol. The minimum absolute atomic E-state index is 0.00497. The van der Waals surface area contributed by atoms with Gasteiger partial charge in [-0.1, -0.05) is 13.3 Å². The third-order valence-corrected chi connectivity index (χ3v) is 24.0. The number of piperazine rings is 1. The van der Waals surface area contributed by atoms with E-state index >= 15 is 4.57 Å². The molecule has 12 N–H and O–H groups in total. The van der Waals surface area contributed by atoms with E-state index in [0.717, 1.165) is 0 Å². The van der Waals surface area contributed by atoms with Crippen LogP contribution in [0.15, 0.2) is 9.98 Å². The molecule has 0 aromatic carbocycles. The van der Waals surface area contributed by atoms with Crippen LogP contribution in [0.2, 0.25) is 0 Å². The maximum atomic E-state index is 15.0. The van der Waals surface area contributed by atoms with Crippen molar-refractivity contribution in [2.75, 3.05) is 166 Å². The lowest BCUT2D eigenvalue weighted by atomic mass is 9.95. The number of guanidine groups is 2. The molecule has 0 saturated carbocycles. The maximum absolute atomic E-state index is 15.0. The Hall–Kier alpha value is -4.27. The van der Waals surface area contributed by atoms with Gasteiger partial charge in [0, 0.05) is 123 Å². The number of hydrogen-bond donors (Lipinski definition) is 8. The summed E-state index contributed by atoms with van der Waals surface area (Å²) in [6, 6.07) is 0. The maximum Gasteiger partial charge on any atom is 0.409 e. The van der Waals surface area contributed by atoms with Crippen molar-refractivity contribution in [2.45, 2.75) is 148 Å². The summed E-state index contributed by atoms with van der Waals surface area (Å²) >= 11 is 0. The van der Waals surface area contributed by atoms with Gasteiger partial charge in [-0.2, -0.15) is 0 Å². The van der Waals surface area contributed by atoms with E-state index in [1.165, 1.54) is 14.2 Å². The van der Waals surface area contributed by atoms with Crippen molar-refractivity contribution >= 4 is 70.2 Å². The summed E-state index contributed by atoms with van der Waals surface area (Å²) in [5.74, 6) is -1.97. The van der Waals surface area contributed by atoms with Crippen LogP contribution in [0.1, 0.15) is 111 Å². The second-order valence-corrected chi connectivity index (χ2v) is 32.5. The largest absolute Gasteiger partial charge is 0.447 e. The predicted octanol–water partition coefficient (Wildman–Crippen LogP) is 1.53. The molecule has 94 heavy (non-hydrogen) atoms. The fourth-order valence-corrected chi connectivity index (χ4v) is 17.8. The molecule has 4 rings (SSSR count). The van der Waals surface area contributed by atoms with Crippen LogP contribution in [-0.2, 0) is 70.2 Å². The Morgan fingerprint density at radius 2 is 1.13 bits per heavy atom. The summed E-state index contributed by atoms with van der Waals surface area (Å²) in [5, 5.41) is 17.7. The fourth-order valence-electron chi connectivity index (χ4n) is 11.6. The normalized spacial score (nSPS) is 23.5. The number of ether oxygens (including phenoxy) is 4. The molecule has 0 aliphatic carbocycles. The SMILES string of the molecule is CCC(CCCN=C(N)N)C(=O)NCC(=O)CC(CCCN=C(N)N)C(=O)NCCCCCC(=O)CCCC(=O)N1CC(C)OC(COP(=O)(CNC)N2CC(C)OC(COP(=O)(N(C)C)N3CC(C)OC(COP(=O)(N(C)C)N4CCN(C(=O)OCCO)CC4)C3)C2)C1. The molecule has 0 aromatic heterocycles. The Morgan fingerprint density at radius 1 is 0.606 bits per heavy atom. The summed E-state index contributed by atoms with van der Waals surface area (Å²) in [5.41, 5.74) is 21.7. The van der Waals surface area contributed by atoms with Crippen LogP contribution in [-0.4, -0.2) is 288 Å². The van der Waals surface area contributed by atoms with Gasteiger partial charge in [-0.05, 0) is 107 Å². The van der Waals surface area contributed by atoms with Crippen LogP contribution in [0.5, 0.6) is 0 Å². The van der Waals surface area contributed by atoms with E-state index in [2.05, 4.69) is 25.9 Å². The topological polar surface area (TPSA) is 426 Å². The highest BCUT2D eigenvalue weighted by molar-refractivity contribution is 7.56. The molecule has 4 fully saturated rings. The van der Waals surface area contributed by atoms with Crippen molar-refractivity contribution < 1.29 is 80.1 Å². The third-order valence-electron chi connectivity index (χ3n) is 16.4. The van der Waals surface area contributed by atoms with Crippen LogP contribution in [0, 0.1) is 11.8 Å². The number of nitrogens with one attached hydrogen (secondary N) is 3. The molecule has 0 radical (unpaired) electrons. The van der Waals surface area contributed by atoms with Gasteiger partial charge < -0.3 is 86.3 Å². The van der Waals surface area contributed by atoms with Crippen LogP contribution in [0.4, 0.5) is 4.79 Å². The number of rotatable bonds is 43. The standard InChI is InChI=1S/C58H113N16O17P3/c1-10-46(17-15-23-65-56(59)60)54(79)67-32-49(77)31-47(18-16-24-66-57(61)62)55(80)64-22-13-11-12-19-48(76)20-14-21-53(78)71-33-43(2)89-50(36-71)39-86-92(82,42-63-5)73-34-44(3)90-51(37-73)40-88-94(84,69(8)9)74-35-45(4)91-52(38-74)41-87-93(83,68(6)7)72-27-25-70(26-28-72)58(81)85-30-29-75/h43-47,50-52,63,75H,10-42H2,1-9H3,(H,64,80)(H,67,79)(H4,59,60,65)(H4,61,62,66). The van der Waals surface area contributed by atoms with Crippen LogP contribution >= 0.6 is 22.9 Å². The number of ketones is 2. The van der Waals surface area contributed by atoms with Gasteiger partial charge in [0.2, 0.25) is 17.7 Å². The Kier molecular flexibility index (Phi) is 36.6. The van der Waals surface area contributed by atoms with Crippen molar-refractivity contribution in [3.05, 3.63) is 0 Å². The smallest absolute Gasteiger partial charge is 0.409 e. The zero-order valence-corrected chi connectivity index (χ0v) is 59.8. The predicted molar refractivity (Wildman–Crippen MR) is 356 cm³/mol. The van der Waals surface area contributed by atoms with Gasteiger partial charge in [-0.3, -0.25) is 47.7 Å². The number of amides is 4. The lowest BCUT2D eigenvalue weighted by molar-refractivity contribution is -0.146. The number of unbranched alkanes of at least 4 members (excludes halogenated alkanes) is 2. The minimum Gasteiger partial charge on any atom is -0.447 e. The highest BCUT2D eigenvalue weighted by atomic mass is 31.2. The molecule has 0 spiro atoms. The molecule has 11 unspecified atom stereocenters. The van der Waals surface area contributed by atoms with E-state index in [4.69, 9.17) is 60.6 Å². The summed E-state index contributed by atoms with van der Waals surface area (Å²) in [6.07, 6.45) is 1.80. The van der Waals surface area contributed by atoms with Gasteiger partial charge in [0.1, 0.15) is 12.4 Å². The van der Waals surface area contributed by atoms with E-state index in [1.54, 1.807) is 54.1 Å². The van der Waals surface area contributed by atoms with E-state index in [0.29, 0.717) is 83.8 Å². The first-order chi connectivity index (χ1) is 44.5. The minimum atomic E-state index is -3.76. The summed E-state index contributed by atoms with van der Waals surface area (Å²) in [4.78, 5) is 89.2. The monoisotopic (exact) mass is 1400 g/mol. The molecule has 4 aliphatic rings. The van der Waals surface area contributed by atoms with E-state index in [9.17, 15) is 37.9 Å². The number of carbonyl (C=O) groups is 6. The number of aliphatic hydroxyl groups excluding tert-OH is 1. The Labute approximate surface area is 556 Å². The van der Waals surface area contributed by atoms with Crippen molar-refractivity contribution in [1.29, 1.82) is 0 Å². The number of nitrogens with two attached hydrogens (primary N) is 4. The van der Waals surface area contributed by atoms with Crippen molar-refractivity contribution in [1.82, 2.24) is 49.1 Å². The second kappa shape index (κ2) is 41.9. The quantitative estimate of drug-likeness (QED) is 0.0186. The van der Waals surface area contributed by atoms with Gasteiger partial charge in [0.05, 0.1) is 75.9 Å². The number of nitrogens with zero attached hydrogens (tertiary/aromatic N) is 9. The Balaban J connectivity index is 1.21. The zero-order valence-electron chi connectivity index (χ0n) is 57.1. The van der Waals surface area contributed by atoms with Crippen molar-refractivity contribution in [3.63, 3.8) is 0 Å². The van der Waals surface area contributed by atoms with Gasteiger partial charge in [-0.25, -0.2) is 28.1 Å². The van der Waals surface area contributed by atoms with Gasteiger partial charge >= 0.3 is 21.4 Å². The number of carbonyl (C=O) groups excluding carboxylic acids is 6. The first kappa shape index (κ1) is 82.2. The average Bonchev–Trinajstić information content (AvgIpc) is 0.802. The molecule has 0 aromatic rings. The first-order valence-electron chi connectivity index (χ1n) is 33.0. The third kappa shape index (κ3) is 27.9. The summed E-state index contributed by atoms with van der Waals surface area (Å²) in [7, 11) is -2.69. The van der Waals surface area contributed by atoms with E-state index in [1.807, 2.05) is 27.7 Å². The van der Waals surface area contributed by atoms with Gasteiger partial charge in [0.15, 0.2) is 17.7 Å². The van der Waals surface area contributed by atoms with Crippen molar-refractivity contribution in [3.8, 4) is 0 Å². The highest BCUT2D eigenvalue weighted by Gasteiger charge is 2.46. The molecule has 33 nitrogen and oxygen atoms in total. The molecule has 542 valence electrons. The molecule has 4 amide bonds.